The molecule has 0 saturated carbocycles. The highest BCUT2D eigenvalue weighted by molar-refractivity contribution is 5.70. The topological polar surface area (TPSA) is 67.2 Å². The van der Waals surface area contributed by atoms with Crippen LogP contribution >= 0.6 is 0 Å². The number of para-hydroxylation sites is 2. The SMILES string of the molecule is c1ccc2c(c1)NNc1nnc(N3CCOCC3)n1-2. The number of ether oxygens (including phenoxy) is 1. The van der Waals surface area contributed by atoms with E-state index in [0.717, 1.165) is 43.6 Å². The molecule has 3 heterocycles. The summed E-state index contributed by atoms with van der Waals surface area (Å²) in [5, 5.41) is 8.49. The molecule has 1 fully saturated rings. The lowest BCUT2D eigenvalue weighted by atomic mass is 10.2. The van der Waals surface area contributed by atoms with Gasteiger partial charge in [-0.1, -0.05) is 12.1 Å². The first-order valence-corrected chi connectivity index (χ1v) is 6.33. The van der Waals surface area contributed by atoms with Gasteiger partial charge in [0.1, 0.15) is 0 Å². The molecule has 98 valence electrons. The Balaban J connectivity index is 1.82. The van der Waals surface area contributed by atoms with Crippen molar-refractivity contribution in [2.75, 3.05) is 42.1 Å². The number of hydrazine groups is 1. The van der Waals surface area contributed by atoms with E-state index in [9.17, 15) is 0 Å². The largest absolute Gasteiger partial charge is 0.378 e. The van der Waals surface area contributed by atoms with Crippen LogP contribution in [0.2, 0.25) is 0 Å². The fourth-order valence-corrected chi connectivity index (χ4v) is 2.44. The summed E-state index contributed by atoms with van der Waals surface area (Å²) in [5.41, 5.74) is 8.25. The molecule has 0 atom stereocenters. The molecule has 0 bridgehead atoms. The lowest BCUT2D eigenvalue weighted by Gasteiger charge is -2.29. The molecule has 0 spiro atoms. The second kappa shape index (κ2) is 4.13. The van der Waals surface area contributed by atoms with E-state index in [-0.39, 0.29) is 0 Å². The van der Waals surface area contributed by atoms with E-state index in [1.54, 1.807) is 0 Å². The van der Waals surface area contributed by atoms with E-state index in [1.165, 1.54) is 0 Å². The number of hydrogen-bond acceptors (Lipinski definition) is 6. The molecule has 7 heteroatoms. The van der Waals surface area contributed by atoms with Crippen molar-refractivity contribution >= 4 is 17.6 Å². The average molecular weight is 258 g/mol. The highest BCUT2D eigenvalue weighted by atomic mass is 16.5. The maximum absolute atomic E-state index is 5.38. The molecular formula is C12H14N6O. The van der Waals surface area contributed by atoms with Crippen LogP contribution in [0.5, 0.6) is 0 Å². The van der Waals surface area contributed by atoms with Crippen molar-refractivity contribution < 1.29 is 4.74 Å². The smallest absolute Gasteiger partial charge is 0.249 e. The molecule has 0 unspecified atom stereocenters. The van der Waals surface area contributed by atoms with E-state index in [2.05, 4.69) is 32.0 Å². The Labute approximate surface area is 110 Å². The number of benzene rings is 1. The number of aromatic nitrogens is 3. The lowest BCUT2D eigenvalue weighted by Crippen LogP contribution is -2.38. The molecule has 0 radical (unpaired) electrons. The van der Waals surface area contributed by atoms with Crippen molar-refractivity contribution in [3.63, 3.8) is 0 Å². The minimum absolute atomic E-state index is 0.709. The Hall–Kier alpha value is -2.28. The average Bonchev–Trinajstić information content (AvgIpc) is 2.92. The Kier molecular flexibility index (Phi) is 2.31. The summed E-state index contributed by atoms with van der Waals surface area (Å²) in [4.78, 5) is 2.20. The third kappa shape index (κ3) is 1.62. The van der Waals surface area contributed by atoms with Crippen molar-refractivity contribution in [2.45, 2.75) is 0 Å². The van der Waals surface area contributed by atoms with Gasteiger partial charge in [0, 0.05) is 13.1 Å². The van der Waals surface area contributed by atoms with Crippen molar-refractivity contribution in [3.8, 4) is 5.69 Å². The molecule has 2 N–H and O–H groups in total. The summed E-state index contributed by atoms with van der Waals surface area (Å²) in [6.07, 6.45) is 0. The maximum atomic E-state index is 5.38. The first kappa shape index (κ1) is 10.6. The van der Waals surface area contributed by atoms with Crippen LogP contribution in [0.4, 0.5) is 17.6 Å². The van der Waals surface area contributed by atoms with Gasteiger partial charge >= 0.3 is 0 Å². The third-order valence-corrected chi connectivity index (χ3v) is 3.39. The van der Waals surface area contributed by atoms with Crippen LogP contribution in [0.15, 0.2) is 24.3 Å². The predicted octanol–water partition coefficient (Wildman–Crippen LogP) is 0.856. The standard InChI is InChI=1S/C12H14N6O/c1-2-4-10-9(3-1)13-14-11-15-16-12(18(10)11)17-5-7-19-8-6-17/h1-4,13H,5-8H2,(H,14,15). The predicted molar refractivity (Wildman–Crippen MR) is 71.6 cm³/mol. The van der Waals surface area contributed by atoms with Crippen LogP contribution in [0, 0.1) is 0 Å². The number of anilines is 3. The quantitative estimate of drug-likeness (QED) is 0.790. The number of rotatable bonds is 1. The van der Waals surface area contributed by atoms with Gasteiger partial charge in [-0.3, -0.25) is 10.9 Å². The zero-order chi connectivity index (χ0) is 12.7. The summed E-state index contributed by atoms with van der Waals surface area (Å²) in [5.74, 6) is 1.57. The molecule has 1 aromatic heterocycles. The summed E-state index contributed by atoms with van der Waals surface area (Å²) in [6, 6.07) is 8.09. The fraction of sp³-hybridized carbons (Fsp3) is 0.333. The Morgan fingerprint density at radius 2 is 1.89 bits per heavy atom. The molecule has 4 rings (SSSR count). The second-order valence-electron chi connectivity index (χ2n) is 4.53. The summed E-state index contributed by atoms with van der Waals surface area (Å²) >= 11 is 0. The number of fused-ring (bicyclic) bond motifs is 3. The van der Waals surface area contributed by atoms with Crippen LogP contribution in [0.25, 0.3) is 5.69 Å². The minimum Gasteiger partial charge on any atom is -0.378 e. The minimum atomic E-state index is 0.709. The molecule has 0 aliphatic carbocycles. The second-order valence-corrected chi connectivity index (χ2v) is 4.53. The number of morpholine rings is 1. The molecule has 0 amide bonds. The van der Waals surface area contributed by atoms with Gasteiger partial charge in [0.05, 0.1) is 24.6 Å². The Morgan fingerprint density at radius 1 is 1.05 bits per heavy atom. The zero-order valence-electron chi connectivity index (χ0n) is 10.3. The normalized spacial score (nSPS) is 17.2. The van der Waals surface area contributed by atoms with Crippen LogP contribution < -0.4 is 15.8 Å². The summed E-state index contributed by atoms with van der Waals surface area (Å²) in [7, 11) is 0. The number of hydrogen-bond donors (Lipinski definition) is 2. The van der Waals surface area contributed by atoms with Crippen molar-refractivity contribution in [3.05, 3.63) is 24.3 Å². The molecule has 1 saturated heterocycles. The fourth-order valence-electron chi connectivity index (χ4n) is 2.44. The molecule has 1 aromatic carbocycles. The van der Waals surface area contributed by atoms with Gasteiger partial charge < -0.3 is 9.64 Å². The van der Waals surface area contributed by atoms with Crippen LogP contribution in [-0.2, 0) is 4.74 Å². The molecule has 2 aliphatic rings. The Morgan fingerprint density at radius 3 is 2.79 bits per heavy atom. The van der Waals surface area contributed by atoms with E-state index >= 15 is 0 Å². The molecule has 7 nitrogen and oxygen atoms in total. The highest BCUT2D eigenvalue weighted by Crippen LogP contribution is 2.31. The van der Waals surface area contributed by atoms with Gasteiger partial charge in [0.15, 0.2) is 0 Å². The first-order chi connectivity index (χ1) is 9.43. The van der Waals surface area contributed by atoms with E-state index < -0.39 is 0 Å². The third-order valence-electron chi connectivity index (χ3n) is 3.39. The summed E-state index contributed by atoms with van der Waals surface area (Å²) < 4.78 is 7.42. The molecule has 19 heavy (non-hydrogen) atoms. The molecule has 2 aliphatic heterocycles. The van der Waals surface area contributed by atoms with Crippen LogP contribution in [0.1, 0.15) is 0 Å². The van der Waals surface area contributed by atoms with Gasteiger partial charge in [0.2, 0.25) is 11.9 Å². The lowest BCUT2D eigenvalue weighted by molar-refractivity contribution is 0.122. The van der Waals surface area contributed by atoms with E-state index in [4.69, 9.17) is 4.74 Å². The zero-order valence-corrected chi connectivity index (χ0v) is 10.3. The van der Waals surface area contributed by atoms with E-state index in [1.807, 2.05) is 22.8 Å². The molecular weight excluding hydrogens is 244 g/mol. The summed E-state index contributed by atoms with van der Waals surface area (Å²) in [6.45, 7) is 3.15. The maximum Gasteiger partial charge on any atom is 0.249 e. The van der Waals surface area contributed by atoms with E-state index in [0.29, 0.717) is 5.95 Å². The number of nitrogens with one attached hydrogen (secondary N) is 2. The van der Waals surface area contributed by atoms with Crippen molar-refractivity contribution in [1.29, 1.82) is 0 Å². The van der Waals surface area contributed by atoms with Crippen LogP contribution in [0.3, 0.4) is 0 Å². The highest BCUT2D eigenvalue weighted by Gasteiger charge is 2.24. The van der Waals surface area contributed by atoms with Crippen molar-refractivity contribution in [1.82, 2.24) is 14.8 Å². The van der Waals surface area contributed by atoms with Gasteiger partial charge in [-0.15, -0.1) is 10.2 Å². The monoisotopic (exact) mass is 258 g/mol. The van der Waals surface area contributed by atoms with Crippen molar-refractivity contribution in [2.24, 2.45) is 0 Å². The van der Waals surface area contributed by atoms with Gasteiger partial charge in [0.25, 0.3) is 0 Å². The van der Waals surface area contributed by atoms with Gasteiger partial charge in [-0.25, -0.2) is 4.57 Å². The Bertz CT molecular complexity index is 604. The molecule has 2 aromatic rings. The van der Waals surface area contributed by atoms with Gasteiger partial charge in [-0.2, -0.15) is 0 Å². The van der Waals surface area contributed by atoms with Crippen LogP contribution in [-0.4, -0.2) is 41.1 Å². The van der Waals surface area contributed by atoms with Gasteiger partial charge in [-0.05, 0) is 12.1 Å². The number of nitrogens with zero attached hydrogens (tertiary/aromatic N) is 4. The first-order valence-electron chi connectivity index (χ1n) is 6.33.